The number of benzene rings is 2. The molecule has 172 valence electrons. The lowest BCUT2D eigenvalue weighted by Gasteiger charge is -2.56. The Morgan fingerprint density at radius 3 is 2.09 bits per heavy atom. The van der Waals surface area contributed by atoms with Gasteiger partial charge < -0.3 is 10.1 Å². The molecule has 6 rings (SSSR count). The fraction of sp³-hybridized carbons (Fsp3) is 0.423. The van der Waals surface area contributed by atoms with Gasteiger partial charge in [-0.2, -0.15) is 0 Å². The number of hydrogen-bond acceptors (Lipinski definition) is 4. The van der Waals surface area contributed by atoms with E-state index in [2.05, 4.69) is 5.32 Å². The Morgan fingerprint density at radius 1 is 0.879 bits per heavy atom. The summed E-state index contributed by atoms with van der Waals surface area (Å²) < 4.78 is 31.6. The number of carbonyl (C=O) groups is 3. The summed E-state index contributed by atoms with van der Waals surface area (Å²) in [6.45, 7) is -0.644. The van der Waals surface area contributed by atoms with Crippen molar-refractivity contribution in [3.63, 3.8) is 0 Å². The van der Waals surface area contributed by atoms with E-state index in [1.807, 2.05) is 0 Å². The predicted octanol–water partition coefficient (Wildman–Crippen LogP) is 4.70. The number of nitrogens with one attached hydrogen (secondary N) is 1. The minimum Gasteiger partial charge on any atom is -0.454 e. The second-order valence-corrected chi connectivity index (χ2v) is 9.83. The van der Waals surface area contributed by atoms with Gasteiger partial charge in [0, 0.05) is 11.1 Å². The summed E-state index contributed by atoms with van der Waals surface area (Å²) in [6, 6.07) is 9.09. The molecule has 2 aromatic carbocycles. The SMILES string of the molecule is O=C(COC(=O)c1ccccc1C(=O)NC12CC3CC(CC(C3)C1)C2)c1ccc(F)c(F)c1. The molecule has 0 spiro atoms. The van der Waals surface area contributed by atoms with Crippen molar-refractivity contribution in [3.8, 4) is 0 Å². The third kappa shape index (κ3) is 4.28. The van der Waals surface area contributed by atoms with Gasteiger partial charge in [-0.3, -0.25) is 9.59 Å². The van der Waals surface area contributed by atoms with Crippen LogP contribution < -0.4 is 5.32 Å². The van der Waals surface area contributed by atoms with E-state index in [1.165, 1.54) is 25.3 Å². The van der Waals surface area contributed by atoms with Crippen molar-refractivity contribution in [2.75, 3.05) is 6.61 Å². The average Bonchev–Trinajstić information content (AvgIpc) is 2.77. The number of amides is 1. The normalized spacial score (nSPS) is 27.3. The van der Waals surface area contributed by atoms with Crippen molar-refractivity contribution in [2.45, 2.75) is 44.1 Å². The van der Waals surface area contributed by atoms with Crippen LogP contribution >= 0.6 is 0 Å². The number of rotatable bonds is 6. The van der Waals surface area contributed by atoms with E-state index in [0.29, 0.717) is 17.8 Å². The van der Waals surface area contributed by atoms with Crippen LogP contribution in [0.25, 0.3) is 0 Å². The van der Waals surface area contributed by atoms with Crippen LogP contribution in [-0.2, 0) is 4.74 Å². The van der Waals surface area contributed by atoms with Gasteiger partial charge in [0.05, 0.1) is 11.1 Å². The predicted molar refractivity (Wildman–Crippen MR) is 116 cm³/mol. The Labute approximate surface area is 190 Å². The number of hydrogen-bond donors (Lipinski definition) is 1. The Morgan fingerprint density at radius 2 is 1.48 bits per heavy atom. The molecule has 0 atom stereocenters. The number of carbonyl (C=O) groups excluding carboxylic acids is 3. The van der Waals surface area contributed by atoms with E-state index in [1.54, 1.807) is 18.2 Å². The van der Waals surface area contributed by atoms with Gasteiger partial charge >= 0.3 is 5.97 Å². The van der Waals surface area contributed by atoms with E-state index < -0.39 is 30.0 Å². The highest BCUT2D eigenvalue weighted by Gasteiger charge is 2.51. The topological polar surface area (TPSA) is 72.5 Å². The first-order valence-corrected chi connectivity index (χ1v) is 11.4. The average molecular weight is 453 g/mol. The molecule has 5 nitrogen and oxygen atoms in total. The van der Waals surface area contributed by atoms with Gasteiger partial charge in [-0.25, -0.2) is 13.6 Å². The third-order valence-electron chi connectivity index (χ3n) is 7.38. The Balaban J connectivity index is 1.27. The van der Waals surface area contributed by atoms with Crippen LogP contribution in [0.1, 0.15) is 69.6 Å². The highest BCUT2D eigenvalue weighted by atomic mass is 19.2. The number of Topliss-reactive ketones (excluding diaryl/α,β-unsaturated/α-hetero) is 1. The summed E-state index contributed by atoms with van der Waals surface area (Å²) in [6.07, 6.45) is 6.72. The molecule has 33 heavy (non-hydrogen) atoms. The molecule has 7 heteroatoms. The van der Waals surface area contributed by atoms with Crippen LogP contribution in [0.5, 0.6) is 0 Å². The molecule has 4 saturated carbocycles. The molecule has 4 fully saturated rings. The van der Waals surface area contributed by atoms with Gasteiger partial charge in [0.15, 0.2) is 24.0 Å². The maximum Gasteiger partial charge on any atom is 0.339 e. The van der Waals surface area contributed by atoms with Crippen LogP contribution in [-0.4, -0.2) is 29.8 Å². The van der Waals surface area contributed by atoms with Gasteiger partial charge in [-0.1, -0.05) is 12.1 Å². The molecule has 0 saturated heterocycles. The largest absolute Gasteiger partial charge is 0.454 e. The van der Waals surface area contributed by atoms with E-state index in [9.17, 15) is 23.2 Å². The summed E-state index contributed by atoms with van der Waals surface area (Å²) >= 11 is 0. The minimum absolute atomic E-state index is 0.0674. The first-order chi connectivity index (χ1) is 15.8. The van der Waals surface area contributed by atoms with Crippen molar-refractivity contribution in [3.05, 3.63) is 70.8 Å². The van der Waals surface area contributed by atoms with Crippen LogP contribution in [0, 0.1) is 29.4 Å². The quantitative estimate of drug-likeness (QED) is 0.508. The fourth-order valence-corrected chi connectivity index (χ4v) is 6.39. The molecule has 0 aromatic heterocycles. The highest BCUT2D eigenvalue weighted by molar-refractivity contribution is 6.06. The minimum atomic E-state index is -1.15. The zero-order valence-electron chi connectivity index (χ0n) is 18.1. The van der Waals surface area contributed by atoms with E-state index >= 15 is 0 Å². The van der Waals surface area contributed by atoms with Crippen molar-refractivity contribution >= 4 is 17.7 Å². The van der Waals surface area contributed by atoms with Crippen LogP contribution in [0.3, 0.4) is 0 Å². The summed E-state index contributed by atoms with van der Waals surface area (Å²) in [5.41, 5.74) is -0.0308. The van der Waals surface area contributed by atoms with E-state index in [4.69, 9.17) is 4.74 Å². The Bertz CT molecular complexity index is 1090. The zero-order chi connectivity index (χ0) is 23.2. The Kier molecular flexibility index (Phi) is 5.51. The van der Waals surface area contributed by atoms with Crippen LogP contribution in [0.15, 0.2) is 42.5 Å². The third-order valence-corrected chi connectivity index (χ3v) is 7.38. The molecular weight excluding hydrogens is 428 g/mol. The molecule has 4 bridgehead atoms. The Hall–Kier alpha value is -3.09. The highest BCUT2D eigenvalue weighted by Crippen LogP contribution is 2.55. The van der Waals surface area contributed by atoms with Gasteiger partial charge in [-0.15, -0.1) is 0 Å². The standard InChI is InChI=1S/C26H25F2NO4/c27-21-6-5-18(10-22(21)28)23(30)14-33-25(32)20-4-2-1-3-19(20)24(31)29-26-11-15-7-16(12-26)9-17(8-15)13-26/h1-6,10,15-17H,7-9,11-14H2,(H,29,31). The molecule has 1 N–H and O–H groups in total. The molecule has 2 aromatic rings. The maximum atomic E-state index is 13.4. The lowest BCUT2D eigenvalue weighted by molar-refractivity contribution is -0.0167. The van der Waals surface area contributed by atoms with Crippen molar-refractivity contribution in [2.24, 2.45) is 17.8 Å². The summed E-state index contributed by atoms with van der Waals surface area (Å²) in [5.74, 6) is -2.02. The second-order valence-electron chi connectivity index (χ2n) is 9.83. The second kappa shape index (κ2) is 8.36. The van der Waals surface area contributed by atoms with Crippen molar-refractivity contribution < 1.29 is 27.9 Å². The zero-order valence-corrected chi connectivity index (χ0v) is 18.1. The molecule has 0 unspecified atom stereocenters. The molecule has 0 aliphatic heterocycles. The lowest BCUT2D eigenvalue weighted by Crippen LogP contribution is -2.59. The monoisotopic (exact) mass is 453 g/mol. The maximum absolute atomic E-state index is 13.4. The summed E-state index contributed by atoms with van der Waals surface area (Å²) in [4.78, 5) is 38.2. The lowest BCUT2D eigenvalue weighted by atomic mass is 9.53. The molecule has 4 aliphatic rings. The van der Waals surface area contributed by atoms with E-state index in [-0.39, 0.29) is 28.1 Å². The van der Waals surface area contributed by atoms with Crippen LogP contribution in [0.4, 0.5) is 8.78 Å². The summed E-state index contributed by atoms with van der Waals surface area (Å²) in [7, 11) is 0. The number of ether oxygens (including phenoxy) is 1. The molecule has 0 radical (unpaired) electrons. The smallest absolute Gasteiger partial charge is 0.339 e. The van der Waals surface area contributed by atoms with Gasteiger partial charge in [0.2, 0.25) is 0 Å². The number of halogens is 2. The van der Waals surface area contributed by atoms with Gasteiger partial charge in [0.25, 0.3) is 5.91 Å². The fourth-order valence-electron chi connectivity index (χ4n) is 6.39. The van der Waals surface area contributed by atoms with E-state index in [0.717, 1.165) is 37.5 Å². The van der Waals surface area contributed by atoms with Crippen LogP contribution in [0.2, 0.25) is 0 Å². The summed E-state index contributed by atoms with van der Waals surface area (Å²) in [5, 5.41) is 3.25. The molecular formula is C26H25F2NO4. The molecule has 1 amide bonds. The molecule has 4 aliphatic carbocycles. The number of ketones is 1. The number of esters is 1. The van der Waals surface area contributed by atoms with Crippen molar-refractivity contribution in [1.82, 2.24) is 5.32 Å². The molecule has 0 heterocycles. The first kappa shape index (κ1) is 21.7. The van der Waals surface area contributed by atoms with Crippen molar-refractivity contribution in [1.29, 1.82) is 0 Å². The van der Waals surface area contributed by atoms with Gasteiger partial charge in [-0.05, 0) is 86.6 Å². The first-order valence-electron chi connectivity index (χ1n) is 11.4. The van der Waals surface area contributed by atoms with Gasteiger partial charge in [0.1, 0.15) is 0 Å².